The van der Waals surface area contributed by atoms with Crippen LogP contribution in [0.25, 0.3) is 11.3 Å². The van der Waals surface area contributed by atoms with Crippen LogP contribution in [0.2, 0.25) is 5.02 Å². The van der Waals surface area contributed by atoms with E-state index in [0.29, 0.717) is 23.7 Å². The van der Waals surface area contributed by atoms with Gasteiger partial charge in [0.2, 0.25) is 0 Å². The van der Waals surface area contributed by atoms with Crippen molar-refractivity contribution in [1.82, 2.24) is 10.5 Å². The molecule has 3 rings (SSSR count). The molecule has 0 atom stereocenters. The molecular formula is C20H19ClN2O4. The Hall–Kier alpha value is -2.99. The van der Waals surface area contributed by atoms with Gasteiger partial charge in [-0.1, -0.05) is 28.9 Å². The number of hydrogen-bond acceptors (Lipinski definition) is 5. The Balaban J connectivity index is 1.62. The normalized spacial score (nSPS) is 10.5. The molecule has 0 aliphatic rings. The topological polar surface area (TPSA) is 73.6 Å². The summed E-state index contributed by atoms with van der Waals surface area (Å²) >= 11 is 5.98. The van der Waals surface area contributed by atoms with Crippen LogP contribution >= 0.6 is 11.6 Å². The summed E-state index contributed by atoms with van der Waals surface area (Å²) in [5.74, 6) is 1.65. The van der Waals surface area contributed by atoms with Crippen molar-refractivity contribution in [2.75, 3.05) is 20.8 Å². The number of nitrogens with one attached hydrogen (secondary N) is 1. The fraction of sp³-hybridized carbons (Fsp3) is 0.200. The van der Waals surface area contributed by atoms with E-state index in [1.54, 1.807) is 38.5 Å². The highest BCUT2D eigenvalue weighted by atomic mass is 35.5. The van der Waals surface area contributed by atoms with Crippen LogP contribution in [0.5, 0.6) is 11.5 Å². The first kappa shape index (κ1) is 18.8. The quantitative estimate of drug-likeness (QED) is 0.664. The molecule has 0 unspecified atom stereocenters. The summed E-state index contributed by atoms with van der Waals surface area (Å²) in [4.78, 5) is 12.3. The third-order valence-corrected chi connectivity index (χ3v) is 4.25. The Kier molecular flexibility index (Phi) is 5.98. The Bertz CT molecular complexity index is 939. The van der Waals surface area contributed by atoms with E-state index in [4.69, 9.17) is 25.6 Å². The summed E-state index contributed by atoms with van der Waals surface area (Å²) in [6.45, 7) is 0.418. The molecule has 0 aliphatic carbocycles. The second-order valence-electron chi connectivity index (χ2n) is 5.77. The minimum absolute atomic E-state index is 0.211. The highest BCUT2D eigenvalue weighted by Gasteiger charge is 2.14. The first-order chi connectivity index (χ1) is 13.1. The zero-order chi connectivity index (χ0) is 19.2. The second-order valence-corrected chi connectivity index (χ2v) is 6.21. The maximum atomic E-state index is 12.3. The van der Waals surface area contributed by atoms with Crippen molar-refractivity contribution >= 4 is 17.5 Å². The standard InChI is InChI=1S/C20H19ClN2O4/c1-25-16-6-7-18(26-2)14(11-16)8-9-22-20(24)17-12-19(27-23-17)13-4-3-5-15(21)10-13/h3-7,10-12H,8-9H2,1-2H3,(H,22,24). The number of halogens is 1. The molecule has 0 saturated carbocycles. The van der Waals surface area contributed by atoms with Crippen LogP contribution in [0.15, 0.2) is 53.1 Å². The van der Waals surface area contributed by atoms with Gasteiger partial charge in [-0.2, -0.15) is 0 Å². The molecule has 140 valence electrons. The van der Waals surface area contributed by atoms with Crippen LogP contribution in [0, 0.1) is 0 Å². The van der Waals surface area contributed by atoms with Crippen molar-refractivity contribution in [3.63, 3.8) is 0 Å². The Morgan fingerprint density at radius 2 is 2.00 bits per heavy atom. The molecule has 0 saturated heterocycles. The summed E-state index contributed by atoms with van der Waals surface area (Å²) in [6.07, 6.45) is 0.588. The lowest BCUT2D eigenvalue weighted by molar-refractivity contribution is 0.0945. The van der Waals surface area contributed by atoms with Crippen LogP contribution < -0.4 is 14.8 Å². The van der Waals surface area contributed by atoms with E-state index >= 15 is 0 Å². The van der Waals surface area contributed by atoms with Gasteiger partial charge < -0.3 is 19.3 Å². The first-order valence-corrected chi connectivity index (χ1v) is 8.70. The summed E-state index contributed by atoms with van der Waals surface area (Å²) in [6, 6.07) is 14.3. The molecule has 0 bridgehead atoms. The molecule has 2 aromatic carbocycles. The van der Waals surface area contributed by atoms with Crippen molar-refractivity contribution in [3.05, 3.63) is 64.8 Å². The van der Waals surface area contributed by atoms with E-state index < -0.39 is 0 Å². The number of hydrogen-bond donors (Lipinski definition) is 1. The second kappa shape index (κ2) is 8.60. The van der Waals surface area contributed by atoms with Gasteiger partial charge in [0.1, 0.15) is 11.5 Å². The number of nitrogens with zero attached hydrogens (tertiary/aromatic N) is 1. The van der Waals surface area contributed by atoms with E-state index in [1.807, 2.05) is 24.3 Å². The zero-order valence-corrected chi connectivity index (χ0v) is 15.7. The number of aromatic nitrogens is 1. The molecule has 1 heterocycles. The molecule has 0 fully saturated rings. The van der Waals surface area contributed by atoms with Crippen LogP contribution in [0.4, 0.5) is 0 Å². The predicted octanol–water partition coefficient (Wildman–Crippen LogP) is 3.98. The maximum Gasteiger partial charge on any atom is 0.273 e. The number of rotatable bonds is 7. The summed E-state index contributed by atoms with van der Waals surface area (Å²) < 4.78 is 15.8. The summed E-state index contributed by atoms with van der Waals surface area (Å²) in [5.41, 5.74) is 1.91. The molecule has 1 N–H and O–H groups in total. The number of methoxy groups -OCH3 is 2. The van der Waals surface area contributed by atoms with Crippen LogP contribution in [0.1, 0.15) is 16.1 Å². The third-order valence-electron chi connectivity index (χ3n) is 4.02. The smallest absolute Gasteiger partial charge is 0.273 e. The fourth-order valence-electron chi connectivity index (χ4n) is 2.64. The van der Waals surface area contributed by atoms with Gasteiger partial charge in [-0.25, -0.2) is 0 Å². The minimum Gasteiger partial charge on any atom is -0.497 e. The number of carbonyl (C=O) groups is 1. The molecule has 27 heavy (non-hydrogen) atoms. The van der Waals surface area contributed by atoms with E-state index in [2.05, 4.69) is 10.5 Å². The van der Waals surface area contributed by atoms with Crippen molar-refractivity contribution in [2.24, 2.45) is 0 Å². The molecule has 0 radical (unpaired) electrons. The lowest BCUT2D eigenvalue weighted by Crippen LogP contribution is -2.26. The zero-order valence-electron chi connectivity index (χ0n) is 15.0. The van der Waals surface area contributed by atoms with Gasteiger partial charge in [-0.3, -0.25) is 4.79 Å². The molecule has 3 aromatic rings. The van der Waals surface area contributed by atoms with Crippen LogP contribution in [-0.4, -0.2) is 31.8 Å². The van der Waals surface area contributed by atoms with Crippen molar-refractivity contribution < 1.29 is 18.8 Å². The van der Waals surface area contributed by atoms with E-state index in [9.17, 15) is 4.79 Å². The SMILES string of the molecule is COc1ccc(OC)c(CCNC(=O)c2cc(-c3cccc(Cl)c3)on2)c1. The van der Waals surface area contributed by atoms with Gasteiger partial charge in [-0.05, 0) is 42.3 Å². The largest absolute Gasteiger partial charge is 0.497 e. The Labute approximate surface area is 162 Å². The van der Waals surface area contributed by atoms with Gasteiger partial charge in [0.15, 0.2) is 11.5 Å². The molecule has 7 heteroatoms. The van der Waals surface area contributed by atoms with Gasteiger partial charge in [0.05, 0.1) is 14.2 Å². The van der Waals surface area contributed by atoms with Crippen LogP contribution in [-0.2, 0) is 6.42 Å². The Morgan fingerprint density at radius 3 is 2.74 bits per heavy atom. The average molecular weight is 387 g/mol. The molecule has 6 nitrogen and oxygen atoms in total. The third kappa shape index (κ3) is 4.60. The van der Waals surface area contributed by atoms with Crippen LogP contribution in [0.3, 0.4) is 0 Å². The number of ether oxygens (including phenoxy) is 2. The summed E-state index contributed by atoms with van der Waals surface area (Å²) in [7, 11) is 3.21. The van der Waals surface area contributed by atoms with Gasteiger partial charge in [0, 0.05) is 23.2 Å². The number of benzene rings is 2. The molecule has 0 spiro atoms. The van der Waals surface area contributed by atoms with Gasteiger partial charge in [-0.15, -0.1) is 0 Å². The number of amides is 1. The maximum absolute atomic E-state index is 12.3. The van der Waals surface area contributed by atoms with E-state index in [0.717, 1.165) is 22.6 Å². The van der Waals surface area contributed by atoms with E-state index in [1.165, 1.54) is 0 Å². The highest BCUT2D eigenvalue weighted by molar-refractivity contribution is 6.30. The lowest BCUT2D eigenvalue weighted by atomic mass is 10.1. The van der Waals surface area contributed by atoms with Crippen molar-refractivity contribution in [2.45, 2.75) is 6.42 Å². The van der Waals surface area contributed by atoms with Crippen molar-refractivity contribution in [1.29, 1.82) is 0 Å². The van der Waals surface area contributed by atoms with Gasteiger partial charge >= 0.3 is 0 Å². The van der Waals surface area contributed by atoms with Crippen molar-refractivity contribution in [3.8, 4) is 22.8 Å². The molecular weight excluding hydrogens is 368 g/mol. The molecule has 0 aliphatic heterocycles. The fourth-order valence-corrected chi connectivity index (χ4v) is 2.83. The highest BCUT2D eigenvalue weighted by Crippen LogP contribution is 2.25. The monoisotopic (exact) mass is 386 g/mol. The molecule has 1 aromatic heterocycles. The lowest BCUT2D eigenvalue weighted by Gasteiger charge is -2.10. The first-order valence-electron chi connectivity index (χ1n) is 8.32. The van der Waals surface area contributed by atoms with E-state index in [-0.39, 0.29) is 11.6 Å². The summed E-state index contributed by atoms with van der Waals surface area (Å²) in [5, 5.41) is 7.25. The minimum atomic E-state index is -0.311. The Morgan fingerprint density at radius 1 is 1.15 bits per heavy atom. The van der Waals surface area contributed by atoms with Gasteiger partial charge in [0.25, 0.3) is 5.91 Å². The number of carbonyl (C=O) groups excluding carboxylic acids is 1. The average Bonchev–Trinajstić information content (AvgIpc) is 3.18. The molecule has 1 amide bonds. The predicted molar refractivity (Wildman–Crippen MR) is 103 cm³/mol.